The van der Waals surface area contributed by atoms with Crippen LogP contribution in [0, 0.1) is 0 Å². The predicted molar refractivity (Wildman–Crippen MR) is 115 cm³/mol. The summed E-state index contributed by atoms with van der Waals surface area (Å²) in [4.78, 5) is 12.5. The Kier molecular flexibility index (Phi) is 6.04. The van der Waals surface area contributed by atoms with Crippen LogP contribution in [0.2, 0.25) is 0 Å². The summed E-state index contributed by atoms with van der Waals surface area (Å²) in [5.74, 6) is -0.324. The molecule has 0 fully saturated rings. The number of nitrogens with one attached hydrogen (secondary N) is 2. The summed E-state index contributed by atoms with van der Waals surface area (Å²) < 4.78 is 43.1. The lowest BCUT2D eigenvalue weighted by Crippen LogP contribution is -2.35. The normalized spacial score (nSPS) is 18.2. The second kappa shape index (κ2) is 8.74. The molecule has 0 spiro atoms. The van der Waals surface area contributed by atoms with Crippen LogP contribution in [0.15, 0.2) is 65.1 Å². The molecule has 31 heavy (non-hydrogen) atoms. The molecule has 0 saturated carbocycles. The molecule has 2 heterocycles. The lowest BCUT2D eigenvalue weighted by molar-refractivity contribution is -0.173. The van der Waals surface area contributed by atoms with Crippen molar-refractivity contribution in [2.75, 3.05) is 11.9 Å². The molecule has 0 aliphatic carbocycles. The molecule has 1 aliphatic rings. The number of benzene rings is 2. The van der Waals surface area contributed by atoms with Crippen molar-refractivity contribution in [3.63, 3.8) is 0 Å². The number of carbonyl (C=O) groups is 1. The van der Waals surface area contributed by atoms with Crippen molar-refractivity contribution in [2.24, 2.45) is 0 Å². The van der Waals surface area contributed by atoms with E-state index in [2.05, 4.69) is 31.7 Å². The van der Waals surface area contributed by atoms with Gasteiger partial charge in [0.15, 0.2) is 11.7 Å². The number of amides is 1. The second-order valence-electron chi connectivity index (χ2n) is 7.39. The van der Waals surface area contributed by atoms with Gasteiger partial charge in [0.2, 0.25) is 0 Å². The van der Waals surface area contributed by atoms with Gasteiger partial charge in [0.05, 0.1) is 6.04 Å². The number of carbonyl (C=O) groups excluding carboxylic acids is 1. The molecule has 5 nitrogen and oxygen atoms in total. The number of anilines is 1. The van der Waals surface area contributed by atoms with Gasteiger partial charge >= 0.3 is 6.18 Å². The molecule has 1 amide bonds. The summed E-state index contributed by atoms with van der Waals surface area (Å²) in [5, 5.41) is 9.81. The minimum atomic E-state index is -4.49. The summed E-state index contributed by atoms with van der Waals surface area (Å²) in [7, 11) is 0. The SMILES string of the molecule is O=C(NCCc1ccccc1)c1cc2n(n1)[C@@H](C(F)(F)F)C[C@@H](c1ccc(Br)cc1)N2. The molecule has 0 bridgehead atoms. The molecule has 1 aliphatic heterocycles. The van der Waals surface area contributed by atoms with Crippen LogP contribution in [-0.2, 0) is 6.42 Å². The molecule has 3 aromatic rings. The summed E-state index contributed by atoms with van der Waals surface area (Å²) in [5.41, 5.74) is 1.75. The summed E-state index contributed by atoms with van der Waals surface area (Å²) in [6.07, 6.45) is -4.08. The van der Waals surface area contributed by atoms with E-state index in [1.807, 2.05) is 30.3 Å². The highest BCUT2D eigenvalue weighted by molar-refractivity contribution is 9.10. The van der Waals surface area contributed by atoms with Crippen LogP contribution in [0.3, 0.4) is 0 Å². The van der Waals surface area contributed by atoms with Gasteiger partial charge in [-0.1, -0.05) is 58.4 Å². The largest absolute Gasteiger partial charge is 0.410 e. The Morgan fingerprint density at radius 1 is 1.16 bits per heavy atom. The number of aromatic nitrogens is 2. The molecule has 2 N–H and O–H groups in total. The smallest absolute Gasteiger partial charge is 0.363 e. The van der Waals surface area contributed by atoms with E-state index in [9.17, 15) is 18.0 Å². The average molecular weight is 493 g/mol. The van der Waals surface area contributed by atoms with E-state index in [-0.39, 0.29) is 17.9 Å². The monoisotopic (exact) mass is 492 g/mol. The number of fused-ring (bicyclic) bond motifs is 1. The molecular formula is C22H20BrF3N4O. The Hall–Kier alpha value is -2.81. The van der Waals surface area contributed by atoms with Gasteiger partial charge in [0.1, 0.15) is 5.82 Å². The maximum absolute atomic E-state index is 13.8. The maximum Gasteiger partial charge on any atom is 0.410 e. The molecule has 162 valence electrons. The van der Waals surface area contributed by atoms with Gasteiger partial charge in [-0.2, -0.15) is 18.3 Å². The van der Waals surface area contributed by atoms with E-state index in [0.29, 0.717) is 13.0 Å². The van der Waals surface area contributed by atoms with Gasteiger partial charge in [0.25, 0.3) is 5.91 Å². The summed E-state index contributed by atoms with van der Waals surface area (Å²) >= 11 is 3.33. The van der Waals surface area contributed by atoms with Crippen molar-refractivity contribution in [2.45, 2.75) is 31.1 Å². The fourth-order valence-corrected chi connectivity index (χ4v) is 3.92. The molecule has 2 aromatic carbocycles. The second-order valence-corrected chi connectivity index (χ2v) is 8.31. The lowest BCUT2D eigenvalue weighted by Gasteiger charge is -2.33. The van der Waals surface area contributed by atoms with Gasteiger partial charge in [-0.3, -0.25) is 4.79 Å². The Morgan fingerprint density at radius 3 is 2.55 bits per heavy atom. The average Bonchev–Trinajstić information content (AvgIpc) is 3.18. The van der Waals surface area contributed by atoms with Crippen molar-refractivity contribution < 1.29 is 18.0 Å². The number of halogens is 4. The third-order valence-electron chi connectivity index (χ3n) is 5.24. The predicted octanol–water partition coefficient (Wildman–Crippen LogP) is 5.28. The van der Waals surface area contributed by atoms with E-state index in [0.717, 1.165) is 20.3 Å². The van der Waals surface area contributed by atoms with Crippen LogP contribution >= 0.6 is 15.9 Å². The number of nitrogens with zero attached hydrogens (tertiary/aromatic N) is 2. The third kappa shape index (κ3) is 4.92. The van der Waals surface area contributed by atoms with Gasteiger partial charge in [0, 0.05) is 23.5 Å². The Balaban J connectivity index is 1.52. The molecule has 1 aromatic heterocycles. The molecular weight excluding hydrogens is 473 g/mol. The minimum absolute atomic E-state index is 0.0405. The lowest BCUT2D eigenvalue weighted by atomic mass is 9.97. The summed E-state index contributed by atoms with van der Waals surface area (Å²) in [6.45, 7) is 0.364. The van der Waals surface area contributed by atoms with Crippen LogP contribution in [0.4, 0.5) is 19.0 Å². The first-order valence-corrected chi connectivity index (χ1v) is 10.6. The van der Waals surface area contributed by atoms with E-state index < -0.39 is 24.2 Å². The van der Waals surface area contributed by atoms with E-state index >= 15 is 0 Å². The number of rotatable bonds is 5. The van der Waals surface area contributed by atoms with Crippen LogP contribution < -0.4 is 10.6 Å². The fraction of sp³-hybridized carbons (Fsp3) is 0.273. The first-order valence-electron chi connectivity index (χ1n) is 9.81. The van der Waals surface area contributed by atoms with Crippen molar-refractivity contribution in [3.8, 4) is 0 Å². The maximum atomic E-state index is 13.8. The Bertz CT molecular complexity index is 1050. The van der Waals surface area contributed by atoms with Gasteiger partial charge in [-0.25, -0.2) is 4.68 Å². The first kappa shape index (κ1) is 21.4. The van der Waals surface area contributed by atoms with Crippen molar-refractivity contribution >= 4 is 27.7 Å². The molecule has 0 radical (unpaired) electrons. The van der Waals surface area contributed by atoms with Crippen LogP contribution in [-0.4, -0.2) is 28.4 Å². The Morgan fingerprint density at radius 2 is 1.87 bits per heavy atom. The topological polar surface area (TPSA) is 59.0 Å². The van der Waals surface area contributed by atoms with Crippen molar-refractivity contribution in [3.05, 3.63) is 82.0 Å². The number of hydrogen-bond acceptors (Lipinski definition) is 3. The zero-order valence-electron chi connectivity index (χ0n) is 16.4. The fourth-order valence-electron chi connectivity index (χ4n) is 3.65. The van der Waals surface area contributed by atoms with E-state index in [1.54, 1.807) is 24.3 Å². The van der Waals surface area contributed by atoms with E-state index in [1.165, 1.54) is 6.07 Å². The summed E-state index contributed by atoms with van der Waals surface area (Å²) in [6, 6.07) is 15.8. The first-order chi connectivity index (χ1) is 14.8. The minimum Gasteiger partial charge on any atom is -0.363 e. The highest BCUT2D eigenvalue weighted by Gasteiger charge is 2.46. The van der Waals surface area contributed by atoms with Crippen LogP contribution in [0.25, 0.3) is 0 Å². The molecule has 2 atom stereocenters. The molecule has 9 heteroatoms. The van der Waals surface area contributed by atoms with Crippen molar-refractivity contribution in [1.29, 1.82) is 0 Å². The van der Waals surface area contributed by atoms with Crippen molar-refractivity contribution in [1.82, 2.24) is 15.1 Å². The Labute approximate surface area is 185 Å². The van der Waals surface area contributed by atoms with Crippen LogP contribution in [0.5, 0.6) is 0 Å². The van der Waals surface area contributed by atoms with E-state index in [4.69, 9.17) is 0 Å². The van der Waals surface area contributed by atoms with Gasteiger partial charge in [-0.15, -0.1) is 0 Å². The zero-order valence-corrected chi connectivity index (χ0v) is 18.0. The van der Waals surface area contributed by atoms with Crippen LogP contribution in [0.1, 0.15) is 40.1 Å². The molecule has 4 rings (SSSR count). The molecule has 0 unspecified atom stereocenters. The number of hydrogen-bond donors (Lipinski definition) is 2. The van der Waals surface area contributed by atoms with Gasteiger partial charge < -0.3 is 10.6 Å². The zero-order chi connectivity index (χ0) is 22.0. The number of alkyl halides is 3. The molecule has 0 saturated heterocycles. The standard InChI is InChI=1S/C22H20BrF3N4O/c23-16-8-6-15(7-9-16)17-12-19(22(24,25)26)30-20(28-17)13-18(29-30)21(31)27-11-10-14-4-2-1-3-5-14/h1-9,13,17,19,28H,10-12H2,(H,27,31)/t17-,19+/m0/s1. The van der Waals surface area contributed by atoms with Gasteiger partial charge in [-0.05, 0) is 29.7 Å². The highest BCUT2D eigenvalue weighted by Crippen LogP contribution is 2.43. The quantitative estimate of drug-likeness (QED) is 0.509. The highest BCUT2D eigenvalue weighted by atomic mass is 79.9. The third-order valence-corrected chi connectivity index (χ3v) is 5.77.